The van der Waals surface area contributed by atoms with Crippen molar-refractivity contribution in [2.75, 3.05) is 5.32 Å². The van der Waals surface area contributed by atoms with Crippen LogP contribution in [0.1, 0.15) is 11.3 Å². The van der Waals surface area contributed by atoms with Crippen LogP contribution in [0.5, 0.6) is 0 Å². The smallest absolute Gasteiger partial charge is 0.250 e. The van der Waals surface area contributed by atoms with Gasteiger partial charge in [0.25, 0.3) is 0 Å². The molecule has 0 radical (unpaired) electrons. The summed E-state index contributed by atoms with van der Waals surface area (Å²) in [5, 5.41) is 15.4. The molecule has 38 heavy (non-hydrogen) atoms. The van der Waals surface area contributed by atoms with Crippen molar-refractivity contribution in [2.24, 2.45) is 0 Å². The molecule has 5 aromatic rings. The van der Waals surface area contributed by atoms with E-state index in [1.165, 1.54) is 29.1 Å². The second kappa shape index (κ2) is 10.7. The zero-order valence-electron chi connectivity index (χ0n) is 19.7. The highest BCUT2D eigenvalue weighted by molar-refractivity contribution is 7.80. The molecule has 0 saturated heterocycles. The molecule has 0 aliphatic carbocycles. The van der Waals surface area contributed by atoms with E-state index in [9.17, 15) is 9.18 Å². The van der Waals surface area contributed by atoms with Crippen LogP contribution in [0.15, 0.2) is 77.2 Å². The molecule has 0 atom stereocenters. The standard InChI is InChI=1S/C27H18Cl2FN5O2S/c1-15-13-22-23(34-35(33-22)17-7-5-16(30)6-8-17)14-21(15)31-27(38)32-25(36)12-10-18-9-11-24(37-18)19-3-2-4-20(28)26(19)29/h2-14H,1H3,(H2,31,32,36,38). The van der Waals surface area contributed by atoms with Crippen LogP contribution in [-0.2, 0) is 4.79 Å². The molecule has 1 amide bonds. The first-order valence-corrected chi connectivity index (χ1v) is 12.4. The van der Waals surface area contributed by atoms with Gasteiger partial charge < -0.3 is 9.73 Å². The molecule has 190 valence electrons. The van der Waals surface area contributed by atoms with E-state index in [1.54, 1.807) is 48.5 Å². The molecule has 5 rings (SSSR count). The Bertz CT molecular complexity index is 1710. The second-order valence-corrected chi connectivity index (χ2v) is 9.40. The summed E-state index contributed by atoms with van der Waals surface area (Å²) >= 11 is 17.6. The van der Waals surface area contributed by atoms with Crippen LogP contribution in [0.2, 0.25) is 10.0 Å². The number of nitrogens with one attached hydrogen (secondary N) is 2. The lowest BCUT2D eigenvalue weighted by molar-refractivity contribution is -0.115. The van der Waals surface area contributed by atoms with Gasteiger partial charge in [0.1, 0.15) is 28.4 Å². The molecule has 0 saturated carbocycles. The Morgan fingerprint density at radius 2 is 1.79 bits per heavy atom. The monoisotopic (exact) mass is 565 g/mol. The first-order valence-electron chi connectivity index (χ1n) is 11.2. The van der Waals surface area contributed by atoms with Gasteiger partial charge in [-0.25, -0.2) is 4.39 Å². The van der Waals surface area contributed by atoms with Crippen LogP contribution in [-0.4, -0.2) is 26.0 Å². The van der Waals surface area contributed by atoms with E-state index in [0.717, 1.165) is 5.56 Å². The summed E-state index contributed by atoms with van der Waals surface area (Å²) in [7, 11) is 0. The zero-order valence-corrected chi connectivity index (χ0v) is 22.0. The van der Waals surface area contributed by atoms with Crippen molar-refractivity contribution in [3.8, 4) is 17.0 Å². The number of aryl methyl sites for hydroxylation is 1. The Labute approximate surface area is 231 Å². The number of halogens is 3. The molecule has 2 heterocycles. The average molecular weight is 566 g/mol. The maximum absolute atomic E-state index is 13.2. The van der Waals surface area contributed by atoms with E-state index in [4.69, 9.17) is 39.8 Å². The highest BCUT2D eigenvalue weighted by Gasteiger charge is 2.12. The van der Waals surface area contributed by atoms with Crippen molar-refractivity contribution < 1.29 is 13.6 Å². The fraction of sp³-hybridized carbons (Fsp3) is 0.0370. The minimum Gasteiger partial charge on any atom is -0.457 e. The Balaban J connectivity index is 1.24. The number of carbonyl (C=O) groups excluding carboxylic acids is 1. The summed E-state index contributed by atoms with van der Waals surface area (Å²) in [6.45, 7) is 1.88. The lowest BCUT2D eigenvalue weighted by atomic mass is 10.2. The van der Waals surface area contributed by atoms with Crippen LogP contribution in [0.25, 0.3) is 34.1 Å². The predicted molar refractivity (Wildman–Crippen MR) is 151 cm³/mol. The number of aromatic nitrogens is 3. The van der Waals surface area contributed by atoms with Gasteiger partial charge in [0.2, 0.25) is 5.91 Å². The number of benzene rings is 3. The molecule has 0 unspecified atom stereocenters. The van der Waals surface area contributed by atoms with Crippen LogP contribution in [0.3, 0.4) is 0 Å². The Hall–Kier alpha value is -4.05. The number of fused-ring (bicyclic) bond motifs is 1. The van der Waals surface area contributed by atoms with Crippen molar-refractivity contribution in [2.45, 2.75) is 6.92 Å². The molecule has 0 aliphatic heterocycles. The lowest BCUT2D eigenvalue weighted by Crippen LogP contribution is -2.33. The summed E-state index contributed by atoms with van der Waals surface area (Å²) in [4.78, 5) is 13.8. The van der Waals surface area contributed by atoms with Gasteiger partial charge in [-0.2, -0.15) is 4.80 Å². The zero-order chi connectivity index (χ0) is 26.8. The average Bonchev–Trinajstić information content (AvgIpc) is 3.52. The van der Waals surface area contributed by atoms with Crippen LogP contribution >= 0.6 is 35.4 Å². The maximum Gasteiger partial charge on any atom is 0.250 e. The number of anilines is 1. The van der Waals surface area contributed by atoms with Gasteiger partial charge >= 0.3 is 0 Å². The molecular weight excluding hydrogens is 548 g/mol. The SMILES string of the molecule is Cc1cc2nn(-c3ccc(F)cc3)nc2cc1NC(=S)NC(=O)C=Cc1ccc(-c2cccc(Cl)c2Cl)o1. The van der Waals surface area contributed by atoms with Crippen molar-refractivity contribution in [3.05, 3.63) is 100.0 Å². The number of hydrogen-bond donors (Lipinski definition) is 2. The third-order valence-electron chi connectivity index (χ3n) is 5.51. The summed E-state index contributed by atoms with van der Waals surface area (Å²) < 4.78 is 19.0. The van der Waals surface area contributed by atoms with Crippen LogP contribution in [0.4, 0.5) is 10.1 Å². The number of rotatable bonds is 5. The number of amides is 1. The fourth-order valence-corrected chi connectivity index (χ4v) is 4.24. The molecule has 11 heteroatoms. The van der Waals surface area contributed by atoms with Gasteiger partial charge in [-0.3, -0.25) is 10.1 Å². The molecule has 0 fully saturated rings. The van der Waals surface area contributed by atoms with Gasteiger partial charge in [-0.1, -0.05) is 29.3 Å². The highest BCUT2D eigenvalue weighted by atomic mass is 35.5. The number of nitrogens with zero attached hydrogens (tertiary/aromatic N) is 3. The normalized spacial score (nSPS) is 11.3. The third kappa shape index (κ3) is 5.60. The van der Waals surface area contributed by atoms with Crippen molar-refractivity contribution in [1.29, 1.82) is 0 Å². The van der Waals surface area contributed by atoms with Gasteiger partial charge in [-0.05, 0) is 91.4 Å². The van der Waals surface area contributed by atoms with Crippen molar-refractivity contribution in [1.82, 2.24) is 20.3 Å². The molecule has 7 nitrogen and oxygen atoms in total. The number of furan rings is 1. The van der Waals surface area contributed by atoms with Gasteiger partial charge in [0.05, 0.1) is 15.7 Å². The van der Waals surface area contributed by atoms with E-state index >= 15 is 0 Å². The minimum absolute atomic E-state index is 0.110. The highest BCUT2D eigenvalue weighted by Crippen LogP contribution is 2.34. The van der Waals surface area contributed by atoms with E-state index in [2.05, 4.69) is 20.8 Å². The first kappa shape index (κ1) is 25.6. The van der Waals surface area contributed by atoms with E-state index in [1.807, 2.05) is 13.0 Å². The van der Waals surface area contributed by atoms with Gasteiger partial charge in [0.15, 0.2) is 5.11 Å². The van der Waals surface area contributed by atoms with Gasteiger partial charge in [-0.15, -0.1) is 10.2 Å². The summed E-state index contributed by atoms with van der Waals surface area (Å²) in [6.07, 6.45) is 2.82. The Morgan fingerprint density at radius 1 is 1.05 bits per heavy atom. The largest absolute Gasteiger partial charge is 0.457 e. The molecule has 0 spiro atoms. The molecular formula is C27H18Cl2FN5O2S. The van der Waals surface area contributed by atoms with Crippen molar-refractivity contribution in [3.63, 3.8) is 0 Å². The first-order chi connectivity index (χ1) is 18.3. The summed E-state index contributed by atoms with van der Waals surface area (Å²) in [5.74, 6) is 0.198. The minimum atomic E-state index is -0.442. The second-order valence-electron chi connectivity index (χ2n) is 8.20. The summed E-state index contributed by atoms with van der Waals surface area (Å²) in [5.41, 5.74) is 4.05. The fourth-order valence-electron chi connectivity index (χ4n) is 3.64. The van der Waals surface area contributed by atoms with Crippen LogP contribution < -0.4 is 10.6 Å². The van der Waals surface area contributed by atoms with E-state index in [-0.39, 0.29) is 10.9 Å². The Kier molecular flexibility index (Phi) is 7.24. The quantitative estimate of drug-likeness (QED) is 0.177. The summed E-state index contributed by atoms with van der Waals surface area (Å²) in [6, 6.07) is 18.2. The van der Waals surface area contributed by atoms with E-state index in [0.29, 0.717) is 49.5 Å². The third-order valence-corrected chi connectivity index (χ3v) is 6.53. The molecule has 2 aromatic heterocycles. The molecule has 3 aromatic carbocycles. The topological polar surface area (TPSA) is 85.0 Å². The number of carbonyl (C=O) groups is 1. The maximum atomic E-state index is 13.2. The van der Waals surface area contributed by atoms with Crippen LogP contribution in [0, 0.1) is 12.7 Å². The Morgan fingerprint density at radius 3 is 2.55 bits per heavy atom. The molecule has 2 N–H and O–H groups in total. The lowest BCUT2D eigenvalue weighted by Gasteiger charge is -2.10. The van der Waals surface area contributed by atoms with Crippen molar-refractivity contribution >= 4 is 69.2 Å². The number of hydrogen-bond acceptors (Lipinski definition) is 5. The van der Waals surface area contributed by atoms with Gasteiger partial charge in [0, 0.05) is 17.3 Å². The molecule has 0 aliphatic rings. The predicted octanol–water partition coefficient (Wildman–Crippen LogP) is 6.96. The molecule has 0 bridgehead atoms. The van der Waals surface area contributed by atoms with E-state index < -0.39 is 5.91 Å². The number of thiocarbonyl (C=S) groups is 1.